The van der Waals surface area contributed by atoms with Crippen molar-refractivity contribution in [3.8, 4) is 0 Å². The van der Waals surface area contributed by atoms with Crippen LogP contribution in [0.5, 0.6) is 0 Å². The molecule has 0 saturated carbocycles. The monoisotopic (exact) mass is 316 g/mol. The molecule has 0 bridgehead atoms. The minimum absolute atomic E-state index is 0.0257. The Balaban J connectivity index is 2.01. The second-order valence-electron chi connectivity index (χ2n) is 5.45. The van der Waals surface area contributed by atoms with Gasteiger partial charge in [0.1, 0.15) is 0 Å². The van der Waals surface area contributed by atoms with Crippen LogP contribution in [0.3, 0.4) is 0 Å². The zero-order valence-corrected chi connectivity index (χ0v) is 12.9. The van der Waals surface area contributed by atoms with E-state index >= 15 is 0 Å². The Hall–Kier alpha value is -1.27. The first kappa shape index (κ1) is 15.1. The lowest BCUT2D eigenvalue weighted by Gasteiger charge is -2.24. The first-order valence-electron chi connectivity index (χ1n) is 6.25. The summed E-state index contributed by atoms with van der Waals surface area (Å²) in [5.74, 6) is 0.0855. The lowest BCUT2D eigenvalue weighted by molar-refractivity contribution is 0.242. The topological polar surface area (TPSA) is 75.3 Å². The van der Waals surface area contributed by atoms with Crippen LogP contribution in [-0.2, 0) is 9.84 Å². The van der Waals surface area contributed by atoms with Crippen molar-refractivity contribution in [2.24, 2.45) is 0 Å². The van der Waals surface area contributed by atoms with Crippen LogP contribution in [-0.4, -0.2) is 31.5 Å². The summed E-state index contributed by atoms with van der Waals surface area (Å²) in [5, 5.41) is 5.95. The van der Waals surface area contributed by atoms with Gasteiger partial charge in [-0.1, -0.05) is 17.7 Å². The highest BCUT2D eigenvalue weighted by molar-refractivity contribution is 7.91. The van der Waals surface area contributed by atoms with Crippen LogP contribution in [0.1, 0.15) is 18.9 Å². The van der Waals surface area contributed by atoms with Gasteiger partial charge in [-0.3, -0.25) is 0 Å². The minimum atomic E-state index is -3.05. The summed E-state index contributed by atoms with van der Waals surface area (Å²) in [6, 6.07) is 4.78. The molecule has 1 aromatic rings. The Morgan fingerprint density at radius 1 is 1.40 bits per heavy atom. The van der Waals surface area contributed by atoms with Crippen LogP contribution in [0.4, 0.5) is 10.5 Å². The highest BCUT2D eigenvalue weighted by Crippen LogP contribution is 2.23. The number of hydrogen-bond acceptors (Lipinski definition) is 3. The van der Waals surface area contributed by atoms with Crippen LogP contribution in [0.2, 0.25) is 5.02 Å². The maximum Gasteiger partial charge on any atom is 0.319 e. The van der Waals surface area contributed by atoms with Gasteiger partial charge in [0.25, 0.3) is 0 Å². The summed E-state index contributed by atoms with van der Waals surface area (Å²) in [6.07, 6.45) is 0.428. The molecule has 0 spiro atoms. The number of amides is 2. The molecule has 0 aliphatic carbocycles. The Labute approximate surface area is 123 Å². The lowest BCUT2D eigenvalue weighted by atomic mass is 10.0. The Bertz CT molecular complexity index is 645. The van der Waals surface area contributed by atoms with Gasteiger partial charge in [0, 0.05) is 10.7 Å². The van der Waals surface area contributed by atoms with E-state index in [0.717, 1.165) is 5.56 Å². The van der Waals surface area contributed by atoms with E-state index in [-0.39, 0.29) is 11.5 Å². The molecule has 1 unspecified atom stereocenters. The predicted molar refractivity (Wildman–Crippen MR) is 80.0 cm³/mol. The van der Waals surface area contributed by atoms with Crippen LogP contribution >= 0.6 is 11.6 Å². The van der Waals surface area contributed by atoms with E-state index in [4.69, 9.17) is 11.6 Å². The van der Waals surface area contributed by atoms with Crippen LogP contribution in [0, 0.1) is 6.92 Å². The molecule has 2 amide bonds. The number of sulfone groups is 1. The van der Waals surface area contributed by atoms with Crippen molar-refractivity contribution in [1.29, 1.82) is 0 Å². The van der Waals surface area contributed by atoms with Gasteiger partial charge in [0.05, 0.1) is 17.0 Å². The van der Waals surface area contributed by atoms with E-state index in [1.807, 2.05) is 6.92 Å². The third-order valence-electron chi connectivity index (χ3n) is 3.35. The number of aryl methyl sites for hydroxylation is 1. The summed E-state index contributed by atoms with van der Waals surface area (Å²) in [4.78, 5) is 11.9. The summed E-state index contributed by atoms with van der Waals surface area (Å²) >= 11 is 5.98. The number of halogens is 1. The molecular formula is C13H17ClN2O3S. The number of hydrogen-bond donors (Lipinski definition) is 2. The van der Waals surface area contributed by atoms with Crippen LogP contribution in [0.15, 0.2) is 18.2 Å². The summed E-state index contributed by atoms with van der Waals surface area (Å²) in [7, 11) is -3.05. The van der Waals surface area contributed by atoms with Crippen molar-refractivity contribution in [2.75, 3.05) is 16.8 Å². The second-order valence-corrected chi connectivity index (χ2v) is 8.04. The first-order valence-corrected chi connectivity index (χ1v) is 8.45. The third kappa shape index (κ3) is 3.64. The fraction of sp³-hybridized carbons (Fsp3) is 0.462. The summed E-state index contributed by atoms with van der Waals surface area (Å²) in [5.41, 5.74) is 0.784. The smallest absolute Gasteiger partial charge is 0.319 e. The van der Waals surface area contributed by atoms with Gasteiger partial charge in [-0.05, 0) is 38.0 Å². The molecule has 1 atom stereocenters. The normalized spacial score (nSPS) is 24.4. The zero-order chi connectivity index (χ0) is 15.0. The standard InChI is InChI=1S/C13H17ClN2O3S/c1-9-3-4-10(7-11(9)14)15-12(17)16-13(2)5-6-20(18,19)8-13/h3-4,7H,5-6,8H2,1-2H3,(H2,15,16,17). The zero-order valence-electron chi connectivity index (χ0n) is 11.4. The quantitative estimate of drug-likeness (QED) is 0.879. The molecule has 5 nitrogen and oxygen atoms in total. The fourth-order valence-electron chi connectivity index (χ4n) is 2.22. The molecule has 1 fully saturated rings. The molecule has 1 aromatic carbocycles. The van der Waals surface area contributed by atoms with Crippen molar-refractivity contribution in [2.45, 2.75) is 25.8 Å². The van der Waals surface area contributed by atoms with Gasteiger partial charge in [-0.15, -0.1) is 0 Å². The van der Waals surface area contributed by atoms with E-state index in [9.17, 15) is 13.2 Å². The maximum absolute atomic E-state index is 11.9. The van der Waals surface area contributed by atoms with Crippen molar-refractivity contribution < 1.29 is 13.2 Å². The molecule has 0 aromatic heterocycles. The van der Waals surface area contributed by atoms with Crippen molar-refractivity contribution >= 4 is 33.2 Å². The van der Waals surface area contributed by atoms with Gasteiger partial charge < -0.3 is 10.6 Å². The SMILES string of the molecule is Cc1ccc(NC(=O)NC2(C)CCS(=O)(=O)C2)cc1Cl. The van der Waals surface area contributed by atoms with Crippen LogP contribution < -0.4 is 10.6 Å². The number of anilines is 1. The molecule has 2 N–H and O–H groups in total. The molecular weight excluding hydrogens is 300 g/mol. The Morgan fingerprint density at radius 3 is 2.65 bits per heavy atom. The molecule has 1 aliphatic rings. The summed E-state index contributed by atoms with van der Waals surface area (Å²) < 4.78 is 23.0. The predicted octanol–water partition coefficient (Wildman–Crippen LogP) is 2.35. The molecule has 20 heavy (non-hydrogen) atoms. The van der Waals surface area contributed by atoms with Gasteiger partial charge in [-0.25, -0.2) is 13.2 Å². The van der Waals surface area contributed by atoms with Crippen molar-refractivity contribution in [3.63, 3.8) is 0 Å². The molecule has 7 heteroatoms. The van der Waals surface area contributed by atoms with Crippen molar-refractivity contribution in [1.82, 2.24) is 5.32 Å². The number of benzene rings is 1. The summed E-state index contributed by atoms with van der Waals surface area (Å²) in [6.45, 7) is 3.61. The van der Waals surface area contributed by atoms with Crippen LogP contribution in [0.25, 0.3) is 0 Å². The molecule has 1 heterocycles. The number of urea groups is 1. The number of rotatable bonds is 2. The number of carbonyl (C=O) groups excluding carboxylic acids is 1. The van der Waals surface area contributed by atoms with Crippen molar-refractivity contribution in [3.05, 3.63) is 28.8 Å². The molecule has 0 radical (unpaired) electrons. The van der Waals surface area contributed by atoms with E-state index < -0.39 is 21.4 Å². The third-order valence-corrected chi connectivity index (χ3v) is 5.66. The lowest BCUT2D eigenvalue weighted by Crippen LogP contribution is -2.48. The molecule has 1 aliphatic heterocycles. The average molecular weight is 317 g/mol. The van der Waals surface area contributed by atoms with Gasteiger partial charge in [0.15, 0.2) is 9.84 Å². The van der Waals surface area contributed by atoms with Gasteiger partial charge in [-0.2, -0.15) is 0 Å². The van der Waals surface area contributed by atoms with Gasteiger partial charge >= 0.3 is 6.03 Å². The van der Waals surface area contributed by atoms with E-state index in [0.29, 0.717) is 17.1 Å². The Kier molecular flexibility index (Phi) is 3.97. The van der Waals surface area contributed by atoms with E-state index in [1.54, 1.807) is 25.1 Å². The number of carbonyl (C=O) groups is 1. The van der Waals surface area contributed by atoms with Gasteiger partial charge in [0.2, 0.25) is 0 Å². The van der Waals surface area contributed by atoms with E-state index in [2.05, 4.69) is 10.6 Å². The highest BCUT2D eigenvalue weighted by atomic mass is 35.5. The van der Waals surface area contributed by atoms with E-state index in [1.165, 1.54) is 0 Å². The first-order chi connectivity index (χ1) is 9.19. The number of nitrogens with one attached hydrogen (secondary N) is 2. The minimum Gasteiger partial charge on any atom is -0.332 e. The second kappa shape index (κ2) is 5.26. The fourth-order valence-corrected chi connectivity index (χ4v) is 4.49. The molecule has 110 valence electrons. The molecule has 2 rings (SSSR count). The largest absolute Gasteiger partial charge is 0.332 e. The average Bonchev–Trinajstić information content (AvgIpc) is 2.57. The Morgan fingerprint density at radius 2 is 2.10 bits per heavy atom. The molecule has 1 saturated heterocycles. The highest BCUT2D eigenvalue weighted by Gasteiger charge is 2.39. The maximum atomic E-state index is 11.9.